The van der Waals surface area contributed by atoms with Crippen molar-refractivity contribution in [1.29, 1.82) is 0 Å². The van der Waals surface area contributed by atoms with Crippen molar-refractivity contribution in [3.63, 3.8) is 0 Å². The molecule has 0 amide bonds. The van der Waals surface area contributed by atoms with Crippen LogP contribution in [-0.4, -0.2) is 47.2 Å². The van der Waals surface area contributed by atoms with Gasteiger partial charge >= 0.3 is 104 Å². The van der Waals surface area contributed by atoms with Crippen molar-refractivity contribution in [3.05, 3.63) is 87.3 Å². The molecule has 1 atom stereocenters. The molecule has 3 aromatic rings. The van der Waals surface area contributed by atoms with Crippen LogP contribution in [0.2, 0.25) is 5.02 Å². The Balaban J connectivity index is -0.000000481. The molecule has 4 heterocycles. The first-order valence-electron chi connectivity index (χ1n) is 9.33. The molecule has 17 nitrogen and oxygen atoms in total. The Morgan fingerprint density at radius 3 is 2.23 bits per heavy atom. The monoisotopic (exact) mass is 839 g/mol. The summed E-state index contributed by atoms with van der Waals surface area (Å²) < 4.78 is 19.1. The summed E-state index contributed by atoms with van der Waals surface area (Å²) in [6.45, 7) is 0.553. The maximum Gasteiger partial charge on any atom is 1.00 e. The van der Waals surface area contributed by atoms with E-state index in [9.17, 15) is 38.3 Å². The van der Waals surface area contributed by atoms with Gasteiger partial charge in [-0.05, 0) is 12.8 Å². The number of hydrogen-bond donors (Lipinski definition) is 7. The average Bonchev–Trinajstić information content (AvgIpc) is 3.34. The van der Waals surface area contributed by atoms with E-state index in [0.717, 1.165) is 23.3 Å². The zero-order chi connectivity index (χ0) is 28.1. The Labute approximate surface area is 285 Å². The molecule has 1 aliphatic heterocycles. The molecule has 1 fully saturated rings. The molecule has 4 rings (SSSR count). The topological polar surface area (TPSA) is 306 Å². The Bertz CT molecular complexity index is 1470. The van der Waals surface area contributed by atoms with Gasteiger partial charge in [0.15, 0.2) is 5.82 Å². The van der Waals surface area contributed by atoms with Gasteiger partial charge in [0.25, 0.3) is 11.1 Å². The molecule has 3 aromatic heterocycles. The number of aromatic carboxylic acids is 1. The van der Waals surface area contributed by atoms with Gasteiger partial charge in [0.1, 0.15) is 17.9 Å². The van der Waals surface area contributed by atoms with Gasteiger partial charge < -0.3 is 37.0 Å². The van der Waals surface area contributed by atoms with Gasteiger partial charge in [-0.2, -0.15) is 9.37 Å². The number of carbonyl (C=O) groups is 1. The van der Waals surface area contributed by atoms with Crippen LogP contribution in [0.15, 0.2) is 42.4 Å². The van der Waals surface area contributed by atoms with Crippen LogP contribution in [0, 0.1) is 5.82 Å². The van der Waals surface area contributed by atoms with Gasteiger partial charge in [0.2, 0.25) is 5.82 Å². The maximum atomic E-state index is 12.9. The van der Waals surface area contributed by atoms with E-state index in [2.05, 4.69) is 9.97 Å². The third kappa shape index (κ3) is 15.5. The number of halogens is 4. The molecule has 23 heteroatoms. The van der Waals surface area contributed by atoms with E-state index in [4.69, 9.17) is 40.3 Å². The standard InChI is InChI=1S/C8H9FN2O3.C5H4ClNO2.C4H3N3O4.2ClH.K.2H3N.Pt/c9-5-4-11(6-2-1-3-14-6)8(13)10-7(5)12;6-3-2-7-5(9)1-4(3)8;8-2(9)1-5-3(10)7-4(11)6-1;;;;;;/h4,6H,1-3H2,(H,10,12,13);1-2H,(H2,7,8,9);(H,8,9)(H2,5,6,7,10,11);2*1H;;2*1H3;/q;;;;;+1;;;+2/p-3. The van der Waals surface area contributed by atoms with Gasteiger partial charge in [-0.25, -0.2) is 14.4 Å². The Hall–Kier alpha value is -1.49. The van der Waals surface area contributed by atoms with E-state index >= 15 is 0 Å². The number of H-pyrrole nitrogens is 4. The van der Waals surface area contributed by atoms with Crippen LogP contribution in [0.3, 0.4) is 0 Å². The van der Waals surface area contributed by atoms with E-state index < -0.39 is 62.9 Å². The molecule has 11 N–H and O–H groups in total. The van der Waals surface area contributed by atoms with Crippen molar-refractivity contribution in [2.75, 3.05) is 6.61 Å². The zero-order valence-corrected chi connectivity index (χ0v) is 27.9. The van der Waals surface area contributed by atoms with E-state index in [-0.39, 0.29) is 80.0 Å². The summed E-state index contributed by atoms with van der Waals surface area (Å²) >= 11 is 4.89. The summed E-state index contributed by atoms with van der Waals surface area (Å²) in [5, 5.41) is 18.9. The number of rotatable bonds is 2. The number of hydrogen-bond acceptors (Lipinski definition) is 12. The minimum absolute atomic E-state index is 0. The molecule has 0 aromatic carbocycles. The van der Waals surface area contributed by atoms with Crippen molar-refractivity contribution >= 4 is 36.4 Å². The second kappa shape index (κ2) is 22.2. The molecule has 40 heavy (non-hydrogen) atoms. The molecular weight excluding hydrogens is 820 g/mol. The van der Waals surface area contributed by atoms with E-state index in [0.29, 0.717) is 13.0 Å². The number of carbonyl (C=O) groups excluding carboxylic acids is 1. The van der Waals surface area contributed by atoms with Crippen molar-refractivity contribution in [2.45, 2.75) is 19.1 Å². The van der Waals surface area contributed by atoms with Crippen LogP contribution >= 0.6 is 30.4 Å². The van der Waals surface area contributed by atoms with Crippen molar-refractivity contribution in [3.8, 4) is 5.75 Å². The van der Waals surface area contributed by atoms with Crippen molar-refractivity contribution < 1.29 is 92.0 Å². The Morgan fingerprint density at radius 1 is 1.18 bits per heavy atom. The second-order valence-electron chi connectivity index (χ2n) is 6.32. The molecule has 0 bridgehead atoms. The largest absolute Gasteiger partial charge is 1.00 e. The minimum Gasteiger partial charge on any atom is 1.00 e. The predicted octanol–water partition coefficient (Wildman–Crippen LogP) is -3.76. The van der Waals surface area contributed by atoms with Crippen molar-refractivity contribution in [2.24, 2.45) is 0 Å². The summed E-state index contributed by atoms with van der Waals surface area (Å²) in [4.78, 5) is 73.6. The van der Waals surface area contributed by atoms with Gasteiger partial charge in [0, 0.05) is 18.9 Å². The molecule has 0 radical (unpaired) electrons. The van der Waals surface area contributed by atoms with Crippen LogP contribution in [0.5, 0.6) is 5.75 Å². The molecule has 1 unspecified atom stereocenters. The first kappa shape index (κ1) is 43.0. The van der Waals surface area contributed by atoms with E-state index in [1.807, 2.05) is 4.98 Å². The normalized spacial score (nSPS) is 12.8. The molecular formula is C17H21Cl3FKN8O9Pt. The first-order valence-corrected chi connectivity index (χ1v) is 15.3. The molecule has 1 saturated heterocycles. The number of carboxylic acid groups (broad SMARTS) is 1. The third-order valence-electron chi connectivity index (χ3n) is 3.85. The number of aromatic amines is 4. The quantitative estimate of drug-likeness (QED) is 0.123. The summed E-state index contributed by atoms with van der Waals surface area (Å²) in [6, 6.07) is 1.02. The van der Waals surface area contributed by atoms with Gasteiger partial charge in [-0.1, -0.05) is 11.6 Å². The number of ether oxygens (including phenoxy) is 1. The molecule has 0 aliphatic carbocycles. The maximum absolute atomic E-state index is 12.9. The summed E-state index contributed by atoms with van der Waals surface area (Å²) in [5.74, 6) is -3.65. The summed E-state index contributed by atoms with van der Waals surface area (Å²) in [6.07, 6.45) is 3.16. The number of aromatic nitrogens is 6. The van der Waals surface area contributed by atoms with Crippen LogP contribution < -0.4 is 97.0 Å². The smallest absolute Gasteiger partial charge is 1.00 e. The molecule has 0 saturated carbocycles. The fourth-order valence-corrected chi connectivity index (χ4v) is 2.50. The van der Waals surface area contributed by atoms with Crippen LogP contribution in [0.25, 0.3) is 0 Å². The van der Waals surface area contributed by atoms with Crippen molar-refractivity contribution in [1.82, 2.24) is 41.8 Å². The molecule has 222 valence electrons. The van der Waals surface area contributed by atoms with Gasteiger partial charge in [-0.15, -0.1) is 0 Å². The van der Waals surface area contributed by atoms with Crippen LogP contribution in [0.4, 0.5) is 4.39 Å². The van der Waals surface area contributed by atoms with E-state index in [1.165, 1.54) is 6.20 Å². The third-order valence-corrected chi connectivity index (χ3v) is 4.16. The number of carboxylic acids is 1. The Morgan fingerprint density at radius 2 is 1.77 bits per heavy atom. The SMILES string of the molecule is N.N.O=C([O-])c1nc(=O)[nH]c(=O)[nH]1.O=c1[nH]c(=O)n(C2CCCO2)cc1F.O=c1cc(O)c(Cl)c[nH]1.[Cl][Pt][Cl].[K+]. The average molecular weight is 841 g/mol. The Kier molecular flexibility index (Phi) is 23.8. The number of nitrogens with zero attached hydrogens (tertiary/aromatic N) is 2. The van der Waals surface area contributed by atoms with Gasteiger partial charge in [0.05, 0.1) is 11.2 Å². The fraction of sp³-hybridized carbons (Fsp3) is 0.235. The predicted molar refractivity (Wildman–Crippen MR) is 131 cm³/mol. The number of pyridine rings is 1. The first-order chi connectivity index (χ1) is 17.4. The zero-order valence-electron chi connectivity index (χ0n) is 20.3. The summed E-state index contributed by atoms with van der Waals surface area (Å²) in [7, 11) is 9.75. The van der Waals surface area contributed by atoms with Gasteiger partial charge in [-0.3, -0.25) is 29.1 Å². The number of aromatic hydroxyl groups is 1. The van der Waals surface area contributed by atoms with E-state index in [1.54, 1.807) is 9.97 Å². The summed E-state index contributed by atoms with van der Waals surface area (Å²) in [5.41, 5.74) is -3.94. The molecule has 1 aliphatic rings. The molecule has 0 spiro atoms. The second-order valence-corrected chi connectivity index (χ2v) is 10.0. The van der Waals surface area contributed by atoms with Crippen LogP contribution in [-0.2, 0) is 21.2 Å². The van der Waals surface area contributed by atoms with Crippen LogP contribution in [0.1, 0.15) is 29.7 Å². The minimum atomic E-state index is -1.70. The number of nitrogens with one attached hydrogen (secondary N) is 4. The fourth-order valence-electron chi connectivity index (χ4n) is 2.39.